The molecule has 1 saturated heterocycles. The van der Waals surface area contributed by atoms with E-state index in [0.29, 0.717) is 6.07 Å². The second kappa shape index (κ2) is 7.76. The Morgan fingerprint density at radius 2 is 1.50 bits per heavy atom. The van der Waals surface area contributed by atoms with Crippen LogP contribution in [0.2, 0.25) is 0 Å². The maximum atomic E-state index is 13.4. The Morgan fingerprint density at radius 1 is 0.893 bits per heavy atom. The molecule has 0 N–H and O–H groups in total. The number of carbonyl (C=O) groups is 2. The molecule has 0 spiro atoms. The van der Waals surface area contributed by atoms with Gasteiger partial charge >= 0.3 is 0 Å². The number of carbonyl (C=O) groups excluding carboxylic acids is 2. The highest BCUT2D eigenvalue weighted by molar-refractivity contribution is 7.89. The molecule has 0 aromatic heterocycles. The third-order valence-corrected chi connectivity index (χ3v) is 6.46. The van der Waals surface area contributed by atoms with Gasteiger partial charge in [0.05, 0.1) is 4.90 Å². The number of Topliss-reactive ketones (excluding diaryl/α,β-unsaturated/α-hetero) is 1. The Hall–Kier alpha value is -2.65. The highest BCUT2D eigenvalue weighted by atomic mass is 32.2. The minimum absolute atomic E-state index is 0.0271. The molecule has 0 aliphatic carbocycles. The van der Waals surface area contributed by atoms with E-state index in [1.807, 2.05) is 6.92 Å². The summed E-state index contributed by atoms with van der Waals surface area (Å²) in [5, 5.41) is 0. The molecule has 0 radical (unpaired) electrons. The summed E-state index contributed by atoms with van der Waals surface area (Å²) in [5.41, 5.74) is 1.23. The van der Waals surface area contributed by atoms with Crippen LogP contribution in [0.15, 0.2) is 47.4 Å². The lowest BCUT2D eigenvalue weighted by Crippen LogP contribution is -2.52. The van der Waals surface area contributed by atoms with Gasteiger partial charge < -0.3 is 4.90 Å². The quantitative estimate of drug-likeness (QED) is 0.573. The molecule has 148 valence electrons. The molecule has 3 rings (SSSR count). The first-order valence-corrected chi connectivity index (χ1v) is 9.99. The number of piperazine rings is 1. The molecular formula is C19H18F2N2O4S. The molecule has 0 unspecified atom stereocenters. The Morgan fingerprint density at radius 3 is 2.07 bits per heavy atom. The third-order valence-electron chi connectivity index (χ3n) is 4.56. The van der Waals surface area contributed by atoms with E-state index in [1.165, 1.54) is 4.90 Å². The van der Waals surface area contributed by atoms with Crippen LogP contribution in [0, 0.1) is 18.6 Å². The first kappa shape index (κ1) is 20.1. The average molecular weight is 408 g/mol. The highest BCUT2D eigenvalue weighted by Crippen LogP contribution is 2.20. The summed E-state index contributed by atoms with van der Waals surface area (Å²) in [5.74, 6) is -3.74. The van der Waals surface area contributed by atoms with Gasteiger partial charge in [0.1, 0.15) is 0 Å². The van der Waals surface area contributed by atoms with Gasteiger partial charge in [0.25, 0.3) is 5.91 Å². The van der Waals surface area contributed by atoms with Crippen molar-refractivity contribution in [2.24, 2.45) is 0 Å². The van der Waals surface area contributed by atoms with Gasteiger partial charge in [-0.05, 0) is 25.1 Å². The van der Waals surface area contributed by atoms with Gasteiger partial charge in [0, 0.05) is 31.7 Å². The van der Waals surface area contributed by atoms with Crippen molar-refractivity contribution >= 4 is 21.7 Å². The fourth-order valence-corrected chi connectivity index (χ4v) is 4.32. The van der Waals surface area contributed by atoms with E-state index < -0.39 is 33.3 Å². The molecule has 6 nitrogen and oxygen atoms in total. The number of halogens is 2. The molecule has 1 aliphatic heterocycles. The number of amides is 1. The van der Waals surface area contributed by atoms with Crippen molar-refractivity contribution in [3.8, 4) is 0 Å². The number of rotatable bonds is 4. The lowest BCUT2D eigenvalue weighted by atomic mass is 10.1. The van der Waals surface area contributed by atoms with Crippen molar-refractivity contribution in [1.29, 1.82) is 0 Å². The topological polar surface area (TPSA) is 74.8 Å². The van der Waals surface area contributed by atoms with Crippen molar-refractivity contribution in [3.63, 3.8) is 0 Å². The summed E-state index contributed by atoms with van der Waals surface area (Å²) in [6, 6.07) is 8.97. The van der Waals surface area contributed by atoms with Crippen molar-refractivity contribution in [3.05, 3.63) is 65.2 Å². The Balaban J connectivity index is 1.68. The maximum Gasteiger partial charge on any atom is 0.295 e. The summed E-state index contributed by atoms with van der Waals surface area (Å²) in [4.78, 5) is 25.7. The van der Waals surface area contributed by atoms with Crippen LogP contribution in [-0.4, -0.2) is 55.5 Å². The standard InChI is InChI=1S/C19H18F2N2O4S/c1-13-2-4-14(5-3-13)18(24)19(25)22-8-10-23(11-9-22)28(26,27)15-6-7-16(20)17(21)12-15/h2-7,12H,8-11H2,1H3. The van der Waals surface area contributed by atoms with Crippen molar-refractivity contribution in [2.75, 3.05) is 26.2 Å². The van der Waals surface area contributed by atoms with Crippen LogP contribution in [0.3, 0.4) is 0 Å². The fraction of sp³-hybridized carbons (Fsp3) is 0.263. The molecule has 1 amide bonds. The van der Waals surface area contributed by atoms with E-state index in [-0.39, 0.29) is 36.6 Å². The number of sulfonamides is 1. The molecule has 2 aromatic rings. The van der Waals surface area contributed by atoms with E-state index in [4.69, 9.17) is 0 Å². The molecule has 2 aromatic carbocycles. The third kappa shape index (κ3) is 3.95. The smallest absolute Gasteiger partial charge is 0.295 e. The van der Waals surface area contributed by atoms with Gasteiger partial charge in [0.15, 0.2) is 11.6 Å². The molecule has 1 aliphatic rings. The summed E-state index contributed by atoms with van der Waals surface area (Å²) in [7, 11) is -4.02. The highest BCUT2D eigenvalue weighted by Gasteiger charge is 2.32. The zero-order chi connectivity index (χ0) is 20.5. The van der Waals surface area contributed by atoms with Crippen LogP contribution in [0.5, 0.6) is 0 Å². The van der Waals surface area contributed by atoms with Crippen LogP contribution in [0.25, 0.3) is 0 Å². The average Bonchev–Trinajstić information content (AvgIpc) is 2.69. The van der Waals surface area contributed by atoms with Gasteiger partial charge in [-0.25, -0.2) is 17.2 Å². The predicted molar refractivity (Wildman–Crippen MR) is 97.2 cm³/mol. The van der Waals surface area contributed by atoms with Crippen LogP contribution in [-0.2, 0) is 14.8 Å². The number of aryl methyl sites for hydroxylation is 1. The Labute approximate surface area is 161 Å². The maximum absolute atomic E-state index is 13.4. The van der Waals surface area contributed by atoms with Crippen molar-refractivity contribution in [1.82, 2.24) is 9.21 Å². The van der Waals surface area contributed by atoms with E-state index in [1.54, 1.807) is 24.3 Å². The van der Waals surface area contributed by atoms with Crippen molar-refractivity contribution < 1.29 is 26.8 Å². The zero-order valence-electron chi connectivity index (χ0n) is 15.1. The molecule has 0 atom stereocenters. The van der Waals surface area contributed by atoms with Gasteiger partial charge in [-0.15, -0.1) is 0 Å². The lowest BCUT2D eigenvalue weighted by Gasteiger charge is -2.33. The SMILES string of the molecule is Cc1ccc(C(=O)C(=O)N2CCN(S(=O)(=O)c3ccc(F)c(F)c3)CC2)cc1. The predicted octanol–water partition coefficient (Wildman–Crippen LogP) is 1.99. The van der Waals surface area contributed by atoms with E-state index in [2.05, 4.69) is 0 Å². The number of ketones is 1. The number of hydrogen-bond acceptors (Lipinski definition) is 4. The lowest BCUT2D eigenvalue weighted by molar-refractivity contribution is -0.127. The first-order valence-electron chi connectivity index (χ1n) is 8.55. The molecule has 28 heavy (non-hydrogen) atoms. The van der Waals surface area contributed by atoms with Crippen LogP contribution in [0.1, 0.15) is 15.9 Å². The second-order valence-corrected chi connectivity index (χ2v) is 8.41. The minimum atomic E-state index is -4.02. The number of hydrogen-bond donors (Lipinski definition) is 0. The molecule has 9 heteroatoms. The van der Waals surface area contributed by atoms with Crippen LogP contribution < -0.4 is 0 Å². The summed E-state index contributed by atoms with van der Waals surface area (Å²) < 4.78 is 52.7. The number of nitrogens with zero attached hydrogens (tertiary/aromatic N) is 2. The summed E-state index contributed by atoms with van der Waals surface area (Å²) >= 11 is 0. The normalized spacial score (nSPS) is 15.5. The summed E-state index contributed by atoms with van der Waals surface area (Å²) in [6.45, 7) is 1.82. The van der Waals surface area contributed by atoms with Crippen LogP contribution >= 0.6 is 0 Å². The molecule has 1 heterocycles. The van der Waals surface area contributed by atoms with Gasteiger partial charge in [0.2, 0.25) is 15.8 Å². The van der Waals surface area contributed by atoms with E-state index in [9.17, 15) is 26.8 Å². The van der Waals surface area contributed by atoms with Gasteiger partial charge in [-0.2, -0.15) is 4.31 Å². The Kier molecular flexibility index (Phi) is 5.57. The van der Waals surface area contributed by atoms with Crippen molar-refractivity contribution in [2.45, 2.75) is 11.8 Å². The molecule has 0 saturated carbocycles. The molecule has 1 fully saturated rings. The molecule has 0 bridgehead atoms. The minimum Gasteiger partial charge on any atom is -0.333 e. The first-order chi connectivity index (χ1) is 13.2. The second-order valence-electron chi connectivity index (χ2n) is 6.47. The molecular weight excluding hydrogens is 390 g/mol. The van der Waals surface area contributed by atoms with Crippen LogP contribution in [0.4, 0.5) is 8.78 Å². The van der Waals surface area contributed by atoms with Gasteiger partial charge in [-0.1, -0.05) is 29.8 Å². The Bertz CT molecular complexity index is 1010. The monoisotopic (exact) mass is 408 g/mol. The zero-order valence-corrected chi connectivity index (χ0v) is 15.9. The fourth-order valence-electron chi connectivity index (χ4n) is 2.89. The van der Waals surface area contributed by atoms with Gasteiger partial charge in [-0.3, -0.25) is 9.59 Å². The largest absolute Gasteiger partial charge is 0.333 e. The van der Waals surface area contributed by atoms with E-state index >= 15 is 0 Å². The number of benzene rings is 2. The summed E-state index contributed by atoms with van der Waals surface area (Å²) in [6.07, 6.45) is 0. The van der Waals surface area contributed by atoms with E-state index in [0.717, 1.165) is 22.0 Å².